The predicted octanol–water partition coefficient (Wildman–Crippen LogP) is 2.16. The first kappa shape index (κ1) is 28.1. The van der Waals surface area contributed by atoms with Crippen molar-refractivity contribution in [2.75, 3.05) is 0 Å². The molecule has 1 N–H and O–H groups in total. The summed E-state index contributed by atoms with van der Waals surface area (Å²) in [6.07, 6.45) is 14.1. The van der Waals surface area contributed by atoms with Crippen LogP contribution >= 0.6 is 0 Å². The molecular formula is C19H39NaO4S. The summed E-state index contributed by atoms with van der Waals surface area (Å²) in [4.78, 5) is 0. The van der Waals surface area contributed by atoms with Crippen molar-refractivity contribution in [2.24, 2.45) is 0 Å². The predicted molar refractivity (Wildman–Crippen MR) is 100 cm³/mol. The van der Waals surface area contributed by atoms with E-state index in [0.717, 1.165) is 57.8 Å². The number of hydrogen-bond donors (Lipinski definition) is 1. The van der Waals surface area contributed by atoms with Crippen LogP contribution in [0.15, 0.2) is 0 Å². The van der Waals surface area contributed by atoms with E-state index in [4.69, 9.17) is 0 Å². The van der Waals surface area contributed by atoms with Crippen molar-refractivity contribution in [1.82, 2.24) is 0 Å². The Hall–Kier alpha value is 0.870. The Balaban J connectivity index is 0. The fraction of sp³-hybridized carbons (Fsp3) is 1.00. The maximum Gasteiger partial charge on any atom is 1.00 e. The van der Waals surface area contributed by atoms with Gasteiger partial charge in [-0.3, -0.25) is 0 Å². The molecule has 2 unspecified atom stereocenters. The van der Waals surface area contributed by atoms with E-state index in [1.54, 1.807) is 0 Å². The van der Waals surface area contributed by atoms with Crippen LogP contribution in [-0.4, -0.2) is 29.4 Å². The van der Waals surface area contributed by atoms with Gasteiger partial charge in [-0.15, -0.1) is 0 Å². The van der Waals surface area contributed by atoms with Crippen LogP contribution < -0.4 is 29.6 Å². The van der Waals surface area contributed by atoms with Gasteiger partial charge in [0, 0.05) is 5.25 Å². The van der Waals surface area contributed by atoms with Crippen molar-refractivity contribution < 1.29 is 47.6 Å². The Morgan fingerprint density at radius 2 is 1.12 bits per heavy atom. The van der Waals surface area contributed by atoms with Gasteiger partial charge < -0.3 is 9.66 Å². The zero-order valence-electron chi connectivity index (χ0n) is 16.8. The largest absolute Gasteiger partial charge is 1.00 e. The van der Waals surface area contributed by atoms with E-state index in [9.17, 15) is 18.1 Å². The van der Waals surface area contributed by atoms with E-state index in [2.05, 4.69) is 6.92 Å². The fourth-order valence-corrected chi connectivity index (χ4v) is 4.01. The molecular weight excluding hydrogens is 347 g/mol. The van der Waals surface area contributed by atoms with Gasteiger partial charge in [-0.1, -0.05) is 84.5 Å². The van der Waals surface area contributed by atoms with Crippen LogP contribution in [0.4, 0.5) is 0 Å². The summed E-state index contributed by atoms with van der Waals surface area (Å²) in [5, 5.41) is 9.23. The molecule has 0 spiro atoms. The van der Waals surface area contributed by atoms with Gasteiger partial charge in [-0.25, -0.2) is 8.42 Å². The molecule has 0 amide bonds. The Labute approximate surface area is 178 Å². The molecule has 0 rings (SSSR count). The molecule has 0 aliphatic rings. The molecule has 2 atom stereocenters. The third-order valence-electron chi connectivity index (χ3n) is 4.74. The van der Waals surface area contributed by atoms with Gasteiger partial charge in [-0.05, 0) is 25.7 Å². The summed E-state index contributed by atoms with van der Waals surface area (Å²) < 4.78 is 33.7. The summed E-state index contributed by atoms with van der Waals surface area (Å²) in [5.74, 6) is 0. The molecule has 0 aliphatic heterocycles. The van der Waals surface area contributed by atoms with E-state index >= 15 is 0 Å². The van der Waals surface area contributed by atoms with E-state index in [1.165, 1.54) is 25.7 Å². The average molecular weight is 387 g/mol. The minimum absolute atomic E-state index is 0. The van der Waals surface area contributed by atoms with Gasteiger partial charge in [-0.2, -0.15) is 0 Å². The molecule has 0 radical (unpaired) electrons. The second-order valence-corrected chi connectivity index (χ2v) is 8.76. The van der Waals surface area contributed by atoms with Crippen LogP contribution in [0.2, 0.25) is 0 Å². The van der Waals surface area contributed by atoms with Gasteiger partial charge in [0.05, 0.1) is 16.2 Å². The number of aliphatic hydroxyl groups excluding tert-OH is 1. The van der Waals surface area contributed by atoms with Crippen LogP contribution in [0.25, 0.3) is 0 Å². The van der Waals surface area contributed by atoms with Crippen molar-refractivity contribution in [3.63, 3.8) is 0 Å². The van der Waals surface area contributed by atoms with Crippen LogP contribution in [0.3, 0.4) is 0 Å². The smallest absolute Gasteiger partial charge is 0.748 e. The first-order chi connectivity index (χ1) is 11.4. The summed E-state index contributed by atoms with van der Waals surface area (Å²) in [7, 11) is -4.15. The Morgan fingerprint density at radius 1 is 0.720 bits per heavy atom. The number of hydrogen-bond acceptors (Lipinski definition) is 4. The minimum Gasteiger partial charge on any atom is -0.748 e. The van der Waals surface area contributed by atoms with Crippen LogP contribution in [0.5, 0.6) is 0 Å². The number of rotatable bonds is 17. The summed E-state index contributed by atoms with van der Waals surface area (Å²) in [6, 6.07) is 0. The molecule has 0 bridgehead atoms. The second kappa shape index (κ2) is 18.2. The molecule has 0 heterocycles. The molecule has 0 aromatic rings. The molecule has 0 fully saturated rings. The van der Waals surface area contributed by atoms with Crippen molar-refractivity contribution in [3.8, 4) is 0 Å². The van der Waals surface area contributed by atoms with Crippen molar-refractivity contribution in [1.29, 1.82) is 0 Å². The van der Waals surface area contributed by atoms with Crippen LogP contribution in [-0.2, 0) is 10.1 Å². The fourth-order valence-electron chi connectivity index (χ4n) is 3.10. The van der Waals surface area contributed by atoms with Crippen molar-refractivity contribution >= 4 is 10.1 Å². The average Bonchev–Trinajstić information content (AvgIpc) is 2.52. The molecule has 0 aromatic heterocycles. The molecule has 6 heteroatoms. The zero-order valence-corrected chi connectivity index (χ0v) is 19.7. The minimum atomic E-state index is -4.15. The van der Waals surface area contributed by atoms with E-state index < -0.39 is 15.4 Å². The maximum absolute atomic E-state index is 11.2. The number of unbranched alkanes of at least 4 members (excludes halogenated alkanes) is 8. The van der Waals surface area contributed by atoms with E-state index in [1.807, 2.05) is 6.92 Å². The monoisotopic (exact) mass is 386 g/mol. The van der Waals surface area contributed by atoms with Gasteiger partial charge in [0.25, 0.3) is 0 Å². The Kier molecular flexibility index (Phi) is 20.5. The standard InChI is InChI=1S/C19H40O4S.Na/c1-3-5-7-8-11-14-18(20)15-12-9-10-13-17-19(16-6-4-2)24(21,22)23;/h18-20H,3-17H2,1-2H3,(H,21,22,23);/q;+1/p-1. The van der Waals surface area contributed by atoms with E-state index in [0.29, 0.717) is 12.8 Å². The maximum atomic E-state index is 11.2. The normalized spacial score (nSPS) is 14.1. The second-order valence-electron chi connectivity index (χ2n) is 7.11. The molecule has 146 valence electrons. The molecule has 0 saturated carbocycles. The quantitative estimate of drug-likeness (QED) is 0.236. The number of aliphatic hydroxyl groups is 1. The van der Waals surface area contributed by atoms with Crippen LogP contribution in [0.1, 0.15) is 110 Å². The summed E-state index contributed by atoms with van der Waals surface area (Å²) in [5.41, 5.74) is 0. The molecule has 0 saturated heterocycles. The molecule has 4 nitrogen and oxygen atoms in total. The van der Waals surface area contributed by atoms with Gasteiger partial charge in [0.2, 0.25) is 0 Å². The topological polar surface area (TPSA) is 77.4 Å². The first-order valence-corrected chi connectivity index (χ1v) is 11.5. The van der Waals surface area contributed by atoms with Crippen molar-refractivity contribution in [2.45, 2.75) is 122 Å². The Morgan fingerprint density at radius 3 is 1.56 bits per heavy atom. The zero-order chi connectivity index (χ0) is 18.3. The van der Waals surface area contributed by atoms with Crippen molar-refractivity contribution in [3.05, 3.63) is 0 Å². The van der Waals surface area contributed by atoms with Gasteiger partial charge >= 0.3 is 29.6 Å². The summed E-state index contributed by atoms with van der Waals surface area (Å²) >= 11 is 0. The van der Waals surface area contributed by atoms with Crippen LogP contribution in [0, 0.1) is 0 Å². The third-order valence-corrected chi connectivity index (χ3v) is 6.03. The Bertz CT molecular complexity index is 374. The summed E-state index contributed by atoms with van der Waals surface area (Å²) in [6.45, 7) is 4.21. The van der Waals surface area contributed by atoms with Gasteiger partial charge in [0.15, 0.2) is 0 Å². The van der Waals surface area contributed by atoms with E-state index in [-0.39, 0.29) is 35.7 Å². The molecule has 0 aliphatic carbocycles. The SMILES string of the molecule is CCCCCCCC(O)CCCCCCC(CCCC)S(=O)(=O)[O-].[Na+]. The molecule has 25 heavy (non-hydrogen) atoms. The third kappa shape index (κ3) is 18.0. The molecule has 0 aromatic carbocycles. The van der Waals surface area contributed by atoms with Gasteiger partial charge in [0.1, 0.15) is 0 Å². The first-order valence-electron chi connectivity index (χ1n) is 10.0.